The van der Waals surface area contributed by atoms with Crippen molar-refractivity contribution >= 4 is 0 Å². The summed E-state index contributed by atoms with van der Waals surface area (Å²) < 4.78 is 0. The molecule has 0 amide bonds. The van der Waals surface area contributed by atoms with E-state index in [9.17, 15) is 20.4 Å². The summed E-state index contributed by atoms with van der Waals surface area (Å²) in [6.07, 6.45) is -4.91. The van der Waals surface area contributed by atoms with Crippen molar-refractivity contribution in [3.8, 4) is 0 Å². The number of hydrogen-bond donors (Lipinski definition) is 8. The molecule has 8 nitrogen and oxygen atoms in total. The van der Waals surface area contributed by atoms with E-state index in [-0.39, 0.29) is 6.42 Å². The summed E-state index contributed by atoms with van der Waals surface area (Å²) in [5, 5.41) is 68.4. The summed E-state index contributed by atoms with van der Waals surface area (Å²) in [4.78, 5) is 0. The lowest BCUT2D eigenvalue weighted by Gasteiger charge is -2.46. The smallest absolute Gasteiger partial charge is 0.118 e. The van der Waals surface area contributed by atoms with Gasteiger partial charge in [0.05, 0.1) is 32.0 Å². The standard InChI is InChI=1S/C10H21NO7/c12-2-5(3-13)11-6-1-10(18,4-14)9(17)8(16)7(6)15/h5-9,11-18H,1-4H2/t6-,7?,8?,9-,10-/m0/s1. The lowest BCUT2D eigenvalue weighted by Crippen LogP contribution is -2.68. The van der Waals surface area contributed by atoms with Crippen LogP contribution in [0.1, 0.15) is 6.42 Å². The molecule has 8 heteroatoms. The van der Waals surface area contributed by atoms with Crippen molar-refractivity contribution in [2.45, 2.75) is 42.4 Å². The lowest BCUT2D eigenvalue weighted by molar-refractivity contribution is -0.207. The normalized spacial score (nSPS) is 41.3. The molecule has 0 aromatic rings. The topological polar surface area (TPSA) is 154 Å². The van der Waals surface area contributed by atoms with Gasteiger partial charge >= 0.3 is 0 Å². The van der Waals surface area contributed by atoms with Crippen molar-refractivity contribution in [1.29, 1.82) is 0 Å². The SMILES string of the molecule is OCC(CO)N[C@H]1C[C@](O)(CO)[C@@H](O)C(O)C1O. The van der Waals surface area contributed by atoms with Gasteiger partial charge in [-0.25, -0.2) is 0 Å². The zero-order valence-corrected chi connectivity index (χ0v) is 9.85. The maximum absolute atomic E-state index is 9.93. The number of rotatable bonds is 5. The Balaban J connectivity index is 2.79. The van der Waals surface area contributed by atoms with Gasteiger partial charge in [0.15, 0.2) is 0 Å². The van der Waals surface area contributed by atoms with E-state index in [0.29, 0.717) is 0 Å². The minimum absolute atomic E-state index is 0.223. The van der Waals surface area contributed by atoms with Crippen LogP contribution in [0.25, 0.3) is 0 Å². The largest absolute Gasteiger partial charge is 0.395 e. The predicted molar refractivity (Wildman–Crippen MR) is 59.6 cm³/mol. The minimum atomic E-state index is -1.94. The van der Waals surface area contributed by atoms with Crippen LogP contribution in [-0.4, -0.2) is 91.6 Å². The van der Waals surface area contributed by atoms with E-state index in [1.54, 1.807) is 0 Å². The fourth-order valence-electron chi connectivity index (χ4n) is 2.15. The van der Waals surface area contributed by atoms with Crippen LogP contribution in [0.3, 0.4) is 0 Å². The van der Waals surface area contributed by atoms with E-state index >= 15 is 0 Å². The second-order valence-electron chi connectivity index (χ2n) is 4.73. The molecule has 0 bridgehead atoms. The summed E-state index contributed by atoms with van der Waals surface area (Å²) in [6, 6.07) is -1.60. The molecule has 2 unspecified atom stereocenters. The molecule has 1 fully saturated rings. The van der Waals surface area contributed by atoms with E-state index in [1.807, 2.05) is 0 Å². The van der Waals surface area contributed by atoms with Crippen molar-refractivity contribution in [2.24, 2.45) is 0 Å². The van der Waals surface area contributed by atoms with Crippen LogP contribution in [0.4, 0.5) is 0 Å². The molecule has 0 heterocycles. The number of aliphatic hydroxyl groups excluding tert-OH is 6. The molecule has 0 aromatic carbocycles. The van der Waals surface area contributed by atoms with Gasteiger partial charge in [0, 0.05) is 6.04 Å². The average Bonchev–Trinajstić information content (AvgIpc) is 2.39. The Morgan fingerprint density at radius 2 is 1.61 bits per heavy atom. The molecule has 1 aliphatic rings. The quantitative estimate of drug-likeness (QED) is 0.248. The van der Waals surface area contributed by atoms with E-state index in [2.05, 4.69) is 5.32 Å². The summed E-state index contributed by atoms with van der Waals surface area (Å²) in [7, 11) is 0. The molecule has 0 aromatic heterocycles. The van der Waals surface area contributed by atoms with Crippen molar-refractivity contribution in [3.63, 3.8) is 0 Å². The summed E-state index contributed by atoms with van der Waals surface area (Å²) in [6.45, 7) is -1.56. The van der Waals surface area contributed by atoms with Gasteiger partial charge in [-0.15, -0.1) is 0 Å². The molecule has 1 aliphatic carbocycles. The first-order valence-corrected chi connectivity index (χ1v) is 5.74. The molecule has 108 valence electrons. The molecule has 0 spiro atoms. The van der Waals surface area contributed by atoms with Gasteiger partial charge in [0.25, 0.3) is 0 Å². The fraction of sp³-hybridized carbons (Fsp3) is 1.00. The lowest BCUT2D eigenvalue weighted by atomic mass is 9.76. The van der Waals surface area contributed by atoms with Crippen LogP contribution < -0.4 is 5.32 Å². The van der Waals surface area contributed by atoms with Crippen LogP contribution in [0.2, 0.25) is 0 Å². The third kappa shape index (κ3) is 2.98. The monoisotopic (exact) mass is 267 g/mol. The first-order valence-electron chi connectivity index (χ1n) is 5.74. The fourth-order valence-corrected chi connectivity index (χ4v) is 2.15. The highest BCUT2D eigenvalue weighted by Gasteiger charge is 2.51. The van der Waals surface area contributed by atoms with Crippen LogP contribution in [0.5, 0.6) is 0 Å². The Bertz CT molecular complexity index is 263. The summed E-state index contributed by atoms with van der Waals surface area (Å²) in [5.74, 6) is 0. The Morgan fingerprint density at radius 1 is 1.06 bits per heavy atom. The first-order chi connectivity index (χ1) is 8.39. The molecule has 0 aliphatic heterocycles. The molecular weight excluding hydrogens is 246 g/mol. The first kappa shape index (κ1) is 15.7. The third-order valence-corrected chi connectivity index (χ3v) is 3.37. The van der Waals surface area contributed by atoms with Gasteiger partial charge in [0.2, 0.25) is 0 Å². The van der Waals surface area contributed by atoms with Gasteiger partial charge in [-0.05, 0) is 6.42 Å². The van der Waals surface area contributed by atoms with E-state index in [4.69, 9.17) is 15.3 Å². The van der Waals surface area contributed by atoms with Gasteiger partial charge in [-0.1, -0.05) is 0 Å². The van der Waals surface area contributed by atoms with Crippen LogP contribution >= 0.6 is 0 Å². The highest BCUT2D eigenvalue weighted by atomic mass is 16.4. The van der Waals surface area contributed by atoms with Crippen LogP contribution in [0, 0.1) is 0 Å². The maximum Gasteiger partial charge on any atom is 0.118 e. The third-order valence-electron chi connectivity index (χ3n) is 3.37. The van der Waals surface area contributed by atoms with E-state index in [1.165, 1.54) is 0 Å². The number of nitrogens with one attached hydrogen (secondary N) is 1. The highest BCUT2D eigenvalue weighted by Crippen LogP contribution is 2.29. The molecule has 0 saturated heterocycles. The molecule has 18 heavy (non-hydrogen) atoms. The zero-order chi connectivity index (χ0) is 13.9. The van der Waals surface area contributed by atoms with Gasteiger partial charge in [-0.3, -0.25) is 0 Å². The second-order valence-corrected chi connectivity index (χ2v) is 4.73. The molecule has 5 atom stereocenters. The van der Waals surface area contributed by atoms with Crippen LogP contribution in [0.15, 0.2) is 0 Å². The van der Waals surface area contributed by atoms with E-state index in [0.717, 1.165) is 0 Å². The van der Waals surface area contributed by atoms with Gasteiger partial charge in [0.1, 0.15) is 17.8 Å². The Labute approximate surface area is 104 Å². The number of aliphatic hydroxyl groups is 7. The Morgan fingerprint density at radius 3 is 2.06 bits per heavy atom. The molecule has 1 rings (SSSR count). The van der Waals surface area contributed by atoms with Crippen molar-refractivity contribution < 1.29 is 35.7 Å². The van der Waals surface area contributed by atoms with Crippen LogP contribution in [-0.2, 0) is 0 Å². The second kappa shape index (κ2) is 6.22. The molecule has 0 radical (unpaired) electrons. The van der Waals surface area contributed by atoms with Crippen molar-refractivity contribution in [1.82, 2.24) is 5.32 Å². The summed E-state index contributed by atoms with van der Waals surface area (Å²) in [5.41, 5.74) is -1.94. The maximum atomic E-state index is 9.93. The number of hydrogen-bond acceptors (Lipinski definition) is 8. The molecule has 8 N–H and O–H groups in total. The average molecular weight is 267 g/mol. The Hall–Kier alpha value is -0.320. The van der Waals surface area contributed by atoms with Gasteiger partial charge < -0.3 is 41.1 Å². The van der Waals surface area contributed by atoms with Crippen molar-refractivity contribution in [2.75, 3.05) is 19.8 Å². The summed E-state index contributed by atoms with van der Waals surface area (Å²) >= 11 is 0. The zero-order valence-electron chi connectivity index (χ0n) is 9.85. The van der Waals surface area contributed by atoms with Gasteiger partial charge in [-0.2, -0.15) is 0 Å². The van der Waals surface area contributed by atoms with E-state index < -0.39 is 55.8 Å². The molecule has 1 saturated carbocycles. The minimum Gasteiger partial charge on any atom is -0.395 e. The van der Waals surface area contributed by atoms with Crippen molar-refractivity contribution in [3.05, 3.63) is 0 Å². The highest BCUT2D eigenvalue weighted by molar-refractivity contribution is 5.05. The Kier molecular flexibility index (Phi) is 5.44. The predicted octanol–water partition coefficient (Wildman–Crippen LogP) is -4.49. The molecular formula is C10H21NO7.